The molecule has 0 bridgehead atoms. The fourth-order valence-corrected chi connectivity index (χ4v) is 2.49. The second-order valence-corrected chi connectivity index (χ2v) is 6.15. The summed E-state index contributed by atoms with van der Waals surface area (Å²) in [5.41, 5.74) is 4.32. The van der Waals surface area contributed by atoms with Gasteiger partial charge in [0.1, 0.15) is 5.69 Å². The molecule has 0 aliphatic rings. The fraction of sp³-hybridized carbons (Fsp3) is 0.217. The highest BCUT2D eigenvalue weighted by atomic mass is 16.3. The molecule has 1 N–H and O–H groups in total. The summed E-state index contributed by atoms with van der Waals surface area (Å²) in [5, 5.41) is 9.94. The summed E-state index contributed by atoms with van der Waals surface area (Å²) in [7, 11) is 4.06. The normalized spacial score (nSPS) is 11.5. The van der Waals surface area contributed by atoms with Crippen LogP contribution in [-0.2, 0) is 0 Å². The van der Waals surface area contributed by atoms with Crippen LogP contribution >= 0.6 is 0 Å². The summed E-state index contributed by atoms with van der Waals surface area (Å²) in [6.45, 7) is 5.76. The number of hydrogen-bond acceptors (Lipinski definition) is 4. The topological polar surface area (TPSA) is 53.7 Å². The first-order valence-corrected chi connectivity index (χ1v) is 9.37. The Morgan fingerprint density at radius 3 is 2.25 bits per heavy atom. The van der Waals surface area contributed by atoms with E-state index in [2.05, 4.69) is 45.2 Å². The maximum atomic E-state index is 9.94. The van der Waals surface area contributed by atoms with Crippen molar-refractivity contribution in [2.24, 2.45) is 0 Å². The van der Waals surface area contributed by atoms with E-state index in [9.17, 15) is 5.11 Å². The van der Waals surface area contributed by atoms with Gasteiger partial charge in [0, 0.05) is 26.0 Å². The summed E-state index contributed by atoms with van der Waals surface area (Å²) < 4.78 is 1.63. The van der Waals surface area contributed by atoms with Gasteiger partial charge in [0.25, 0.3) is 0 Å². The third kappa shape index (κ3) is 5.33. The number of rotatable bonds is 5. The van der Waals surface area contributed by atoms with Crippen LogP contribution in [0.25, 0.3) is 17.8 Å². The number of anilines is 1. The van der Waals surface area contributed by atoms with Crippen molar-refractivity contribution in [3.05, 3.63) is 77.9 Å². The first kappa shape index (κ1) is 21.0. The van der Waals surface area contributed by atoms with Crippen LogP contribution in [0, 0.1) is 6.92 Å². The molecule has 0 unspecified atom stereocenters. The van der Waals surface area contributed by atoms with Gasteiger partial charge in [-0.05, 0) is 30.7 Å². The van der Waals surface area contributed by atoms with Gasteiger partial charge in [0.05, 0.1) is 11.9 Å². The summed E-state index contributed by atoms with van der Waals surface area (Å²) in [5.74, 6) is 0.149. The van der Waals surface area contributed by atoms with Crippen molar-refractivity contribution in [1.29, 1.82) is 0 Å². The van der Waals surface area contributed by atoms with Gasteiger partial charge in [-0.25, -0.2) is 4.98 Å². The lowest BCUT2D eigenvalue weighted by atomic mass is 10.2. The molecular formula is C23H28N4O. The molecule has 0 aliphatic heterocycles. The number of aryl methyl sites for hydroxylation is 1. The predicted molar refractivity (Wildman–Crippen MR) is 119 cm³/mol. The van der Waals surface area contributed by atoms with Crippen molar-refractivity contribution in [2.75, 3.05) is 19.0 Å². The number of aromatic hydroxyl groups is 1. The lowest BCUT2D eigenvalue weighted by molar-refractivity contribution is 0.444. The molecule has 0 aliphatic carbocycles. The Labute approximate surface area is 167 Å². The average molecular weight is 377 g/mol. The standard InChI is InChI=1S/C21H22N4O.C2H6/c1-16-21(26)25-15-18(22-14-20(25)23-16)9-7-5-4-6-8-17-10-12-19(13-11-17)24(2)3;1-2/h4-15,26H,1-3H3;1-2H3/b5-4+,8-6+,9-7+;. The molecule has 3 rings (SSSR count). The van der Waals surface area contributed by atoms with E-state index in [1.807, 2.05) is 58.3 Å². The molecule has 0 fully saturated rings. The number of imidazole rings is 1. The third-order valence-electron chi connectivity index (χ3n) is 3.97. The molecule has 28 heavy (non-hydrogen) atoms. The van der Waals surface area contributed by atoms with Gasteiger partial charge >= 0.3 is 0 Å². The molecule has 3 aromatic rings. The second-order valence-electron chi connectivity index (χ2n) is 6.15. The van der Waals surface area contributed by atoms with Gasteiger partial charge in [-0.3, -0.25) is 9.38 Å². The molecule has 5 heteroatoms. The van der Waals surface area contributed by atoms with E-state index in [1.165, 1.54) is 5.69 Å². The molecule has 146 valence electrons. The zero-order valence-electron chi connectivity index (χ0n) is 17.2. The summed E-state index contributed by atoms with van der Waals surface area (Å²) in [6.07, 6.45) is 15.2. The maximum Gasteiger partial charge on any atom is 0.219 e. The zero-order chi connectivity index (χ0) is 20.5. The third-order valence-corrected chi connectivity index (χ3v) is 3.97. The lowest BCUT2D eigenvalue weighted by Gasteiger charge is -2.11. The number of benzene rings is 1. The van der Waals surface area contributed by atoms with Crippen LogP contribution < -0.4 is 4.90 Å². The molecule has 2 heterocycles. The Balaban J connectivity index is 0.00000136. The minimum Gasteiger partial charge on any atom is -0.493 e. The van der Waals surface area contributed by atoms with Crippen molar-refractivity contribution in [1.82, 2.24) is 14.4 Å². The van der Waals surface area contributed by atoms with E-state index in [0.717, 1.165) is 11.3 Å². The van der Waals surface area contributed by atoms with Crippen LogP contribution in [0.15, 0.2) is 61.0 Å². The van der Waals surface area contributed by atoms with E-state index < -0.39 is 0 Å². The second kappa shape index (κ2) is 10.1. The van der Waals surface area contributed by atoms with Crippen LogP contribution in [-0.4, -0.2) is 33.6 Å². The number of nitrogens with zero attached hydrogens (tertiary/aromatic N) is 4. The molecule has 5 nitrogen and oxygen atoms in total. The van der Waals surface area contributed by atoms with E-state index >= 15 is 0 Å². The minimum absolute atomic E-state index is 0.149. The molecule has 1 aromatic carbocycles. The largest absolute Gasteiger partial charge is 0.493 e. The lowest BCUT2D eigenvalue weighted by Crippen LogP contribution is -2.07. The summed E-state index contributed by atoms with van der Waals surface area (Å²) in [4.78, 5) is 10.6. The molecule has 0 atom stereocenters. The van der Waals surface area contributed by atoms with Gasteiger partial charge < -0.3 is 10.0 Å². The Bertz CT molecular complexity index is 980. The Morgan fingerprint density at radius 1 is 0.964 bits per heavy atom. The monoisotopic (exact) mass is 376 g/mol. The van der Waals surface area contributed by atoms with Gasteiger partial charge in [-0.1, -0.05) is 56.4 Å². The van der Waals surface area contributed by atoms with Crippen molar-refractivity contribution in [3.63, 3.8) is 0 Å². The fourth-order valence-electron chi connectivity index (χ4n) is 2.49. The van der Waals surface area contributed by atoms with E-state index in [-0.39, 0.29) is 5.88 Å². The first-order chi connectivity index (χ1) is 13.5. The Kier molecular flexibility index (Phi) is 7.57. The van der Waals surface area contributed by atoms with Crippen LogP contribution in [0.1, 0.15) is 30.8 Å². The molecule has 0 amide bonds. The maximum absolute atomic E-state index is 9.94. The van der Waals surface area contributed by atoms with Crippen LogP contribution in [0.4, 0.5) is 5.69 Å². The predicted octanol–water partition coefficient (Wildman–Crippen LogP) is 5.12. The molecule has 0 saturated heterocycles. The van der Waals surface area contributed by atoms with Gasteiger partial charge in [0.15, 0.2) is 5.65 Å². The highest BCUT2D eigenvalue weighted by molar-refractivity contribution is 5.57. The number of aromatic nitrogens is 3. The van der Waals surface area contributed by atoms with Crippen LogP contribution in [0.2, 0.25) is 0 Å². The smallest absolute Gasteiger partial charge is 0.219 e. The van der Waals surface area contributed by atoms with Gasteiger partial charge in [-0.15, -0.1) is 0 Å². The number of allylic oxidation sites excluding steroid dienone is 4. The van der Waals surface area contributed by atoms with E-state index in [1.54, 1.807) is 23.7 Å². The van der Waals surface area contributed by atoms with Gasteiger partial charge in [0.2, 0.25) is 5.88 Å². The summed E-state index contributed by atoms with van der Waals surface area (Å²) >= 11 is 0. The molecule has 0 spiro atoms. The average Bonchev–Trinajstić information content (AvgIpc) is 3.00. The quantitative estimate of drug-likeness (QED) is 0.628. The Morgan fingerprint density at radius 2 is 1.61 bits per heavy atom. The molecule has 0 radical (unpaired) electrons. The van der Waals surface area contributed by atoms with Crippen LogP contribution in [0.5, 0.6) is 5.88 Å². The highest BCUT2D eigenvalue weighted by Crippen LogP contribution is 2.18. The Hall–Kier alpha value is -3.34. The first-order valence-electron chi connectivity index (χ1n) is 9.37. The van der Waals surface area contributed by atoms with E-state index in [0.29, 0.717) is 11.3 Å². The van der Waals surface area contributed by atoms with E-state index in [4.69, 9.17) is 0 Å². The summed E-state index contributed by atoms with van der Waals surface area (Å²) in [6, 6.07) is 8.37. The minimum atomic E-state index is 0.149. The number of hydrogen-bond donors (Lipinski definition) is 1. The van der Waals surface area contributed by atoms with Crippen molar-refractivity contribution < 1.29 is 5.11 Å². The highest BCUT2D eigenvalue weighted by Gasteiger charge is 2.06. The van der Waals surface area contributed by atoms with Gasteiger partial charge in [-0.2, -0.15) is 0 Å². The van der Waals surface area contributed by atoms with Crippen molar-refractivity contribution in [3.8, 4) is 5.88 Å². The molecule has 2 aromatic heterocycles. The SMILES string of the molecule is CC.Cc1nc2cnc(/C=C/C=C/C=C/c3ccc(N(C)C)cc3)cn2c1O. The van der Waals surface area contributed by atoms with Crippen molar-refractivity contribution in [2.45, 2.75) is 20.8 Å². The zero-order valence-corrected chi connectivity index (χ0v) is 17.2. The molecule has 0 saturated carbocycles. The van der Waals surface area contributed by atoms with Crippen LogP contribution in [0.3, 0.4) is 0 Å². The van der Waals surface area contributed by atoms with Crippen molar-refractivity contribution >= 4 is 23.5 Å². The number of fused-ring (bicyclic) bond motifs is 1. The molecular weight excluding hydrogens is 348 g/mol.